The molecule has 3 aliphatic rings. The Balaban J connectivity index is 1.44. The van der Waals surface area contributed by atoms with Crippen LogP contribution >= 0.6 is 0 Å². The molecule has 33 heavy (non-hydrogen) atoms. The van der Waals surface area contributed by atoms with Crippen LogP contribution in [0, 0.1) is 22.9 Å². The lowest BCUT2D eigenvalue weighted by molar-refractivity contribution is -0.151. The third-order valence-electron chi connectivity index (χ3n) is 6.99. The van der Waals surface area contributed by atoms with E-state index in [1.807, 2.05) is 13.8 Å². The fourth-order valence-corrected chi connectivity index (χ4v) is 4.75. The Bertz CT molecular complexity index is 1260. The number of hydrogen-bond acceptors (Lipinski definition) is 5. The number of aromatic hydroxyl groups is 1. The van der Waals surface area contributed by atoms with Crippen molar-refractivity contribution in [1.82, 2.24) is 14.8 Å². The van der Waals surface area contributed by atoms with Crippen LogP contribution in [-0.2, 0) is 17.8 Å². The van der Waals surface area contributed by atoms with Crippen molar-refractivity contribution in [3.63, 3.8) is 0 Å². The molecule has 2 fully saturated rings. The van der Waals surface area contributed by atoms with Gasteiger partial charge < -0.3 is 24.6 Å². The molecule has 1 saturated carbocycles. The summed E-state index contributed by atoms with van der Waals surface area (Å²) in [6.07, 6.45) is 1.14. The Labute approximate surface area is 185 Å². The highest BCUT2D eigenvalue weighted by molar-refractivity contribution is 5.99. The molecule has 3 heterocycles. The molecule has 4 atom stereocenters. The molecule has 0 radical (unpaired) electrons. The fourth-order valence-electron chi connectivity index (χ4n) is 4.75. The topological polar surface area (TPSA) is 101 Å². The second-order valence-corrected chi connectivity index (χ2v) is 8.92. The van der Waals surface area contributed by atoms with Crippen LogP contribution in [0.5, 0.6) is 5.75 Å². The van der Waals surface area contributed by atoms with Crippen LogP contribution in [-0.4, -0.2) is 44.8 Å². The first kappa shape index (κ1) is 21.5. The summed E-state index contributed by atoms with van der Waals surface area (Å²) in [6, 6.07) is 0.875. The molecule has 11 heteroatoms. The maximum absolute atomic E-state index is 13.8. The SMILES string of the molecule is C[C@@H]1OC2Cn3cc(C(=O)NCc4c(F)cc(F)cc4F)c(=O)c(O)c3C(=O)N2[C@H]2C[C@@]12C. The Hall–Kier alpha value is -3.34. The second kappa shape index (κ2) is 7.08. The average molecular weight is 463 g/mol. The van der Waals surface area contributed by atoms with Crippen molar-refractivity contribution < 1.29 is 32.6 Å². The Morgan fingerprint density at radius 2 is 1.94 bits per heavy atom. The van der Waals surface area contributed by atoms with Gasteiger partial charge in [-0.25, -0.2) is 13.2 Å². The summed E-state index contributed by atoms with van der Waals surface area (Å²) < 4.78 is 48.0. The molecule has 8 nitrogen and oxygen atoms in total. The van der Waals surface area contributed by atoms with Gasteiger partial charge in [-0.3, -0.25) is 14.4 Å². The van der Waals surface area contributed by atoms with Crippen LogP contribution in [0.1, 0.15) is 46.7 Å². The number of nitrogens with one attached hydrogen (secondary N) is 1. The lowest BCUT2D eigenvalue weighted by atomic mass is 9.99. The summed E-state index contributed by atoms with van der Waals surface area (Å²) >= 11 is 0. The van der Waals surface area contributed by atoms with Gasteiger partial charge in [-0.15, -0.1) is 0 Å². The molecule has 1 aromatic heterocycles. The molecule has 5 rings (SSSR count). The highest BCUT2D eigenvalue weighted by atomic mass is 19.1. The molecule has 2 amide bonds. The van der Waals surface area contributed by atoms with Crippen molar-refractivity contribution >= 4 is 11.8 Å². The number of rotatable bonds is 3. The first-order valence-electron chi connectivity index (χ1n) is 10.4. The van der Waals surface area contributed by atoms with Crippen LogP contribution < -0.4 is 10.7 Å². The third kappa shape index (κ3) is 3.13. The predicted molar refractivity (Wildman–Crippen MR) is 107 cm³/mol. The quantitative estimate of drug-likeness (QED) is 0.724. The predicted octanol–water partition coefficient (Wildman–Crippen LogP) is 1.88. The normalized spacial score (nSPS) is 27.5. The number of amides is 2. The van der Waals surface area contributed by atoms with Crippen LogP contribution in [0.2, 0.25) is 0 Å². The first-order valence-corrected chi connectivity index (χ1v) is 10.4. The van der Waals surface area contributed by atoms with E-state index >= 15 is 0 Å². The van der Waals surface area contributed by atoms with Gasteiger partial charge in [-0.1, -0.05) is 6.92 Å². The van der Waals surface area contributed by atoms with E-state index in [4.69, 9.17) is 4.74 Å². The number of benzene rings is 1. The van der Waals surface area contributed by atoms with E-state index in [0.717, 1.165) is 12.6 Å². The molecule has 1 saturated heterocycles. The monoisotopic (exact) mass is 463 g/mol. The number of carbonyl (C=O) groups is 2. The van der Waals surface area contributed by atoms with E-state index in [1.165, 1.54) is 9.47 Å². The Morgan fingerprint density at radius 1 is 1.27 bits per heavy atom. The van der Waals surface area contributed by atoms with Gasteiger partial charge in [0.25, 0.3) is 11.8 Å². The number of nitrogens with zero attached hydrogens (tertiary/aromatic N) is 2. The number of ether oxygens (including phenoxy) is 1. The molecule has 1 aromatic carbocycles. The first-order chi connectivity index (χ1) is 15.5. The van der Waals surface area contributed by atoms with Crippen molar-refractivity contribution in [2.24, 2.45) is 5.41 Å². The molecule has 2 aliphatic heterocycles. The minimum Gasteiger partial charge on any atom is -0.503 e. The minimum absolute atomic E-state index is 0.0644. The van der Waals surface area contributed by atoms with Gasteiger partial charge >= 0.3 is 0 Å². The number of pyridine rings is 1. The van der Waals surface area contributed by atoms with Gasteiger partial charge in [0.05, 0.1) is 12.6 Å². The van der Waals surface area contributed by atoms with Gasteiger partial charge in [-0.05, 0) is 13.3 Å². The molecule has 0 bridgehead atoms. The van der Waals surface area contributed by atoms with Crippen LogP contribution in [0.15, 0.2) is 23.1 Å². The van der Waals surface area contributed by atoms with Crippen LogP contribution in [0.25, 0.3) is 0 Å². The Morgan fingerprint density at radius 3 is 2.61 bits per heavy atom. The van der Waals surface area contributed by atoms with Gasteiger partial charge in [0, 0.05) is 41.9 Å². The molecule has 174 valence electrons. The molecular weight excluding hydrogens is 443 g/mol. The van der Waals surface area contributed by atoms with E-state index in [-0.39, 0.29) is 29.8 Å². The fraction of sp³-hybridized carbons (Fsp3) is 0.409. The number of hydrogen-bond donors (Lipinski definition) is 2. The molecule has 1 aliphatic carbocycles. The highest BCUT2D eigenvalue weighted by Crippen LogP contribution is 2.57. The average Bonchev–Trinajstić information content (AvgIpc) is 3.42. The number of aromatic nitrogens is 1. The summed E-state index contributed by atoms with van der Waals surface area (Å²) in [7, 11) is 0. The molecule has 2 N–H and O–H groups in total. The van der Waals surface area contributed by atoms with Crippen molar-refractivity contribution in [3.05, 3.63) is 62.8 Å². The largest absolute Gasteiger partial charge is 0.503 e. The maximum Gasteiger partial charge on any atom is 0.276 e. The number of carbonyl (C=O) groups excluding carboxylic acids is 2. The molecule has 0 spiro atoms. The standard InChI is InChI=1S/C22H20F3N3O5/c1-9-22(2)5-15(22)28-16(33-9)8-27-7-12(18(29)19(30)17(27)21(28)32)20(31)26-6-11-13(24)3-10(23)4-14(11)25/h3-4,7,9,15-16,30H,5-6,8H2,1-2H3,(H,26,31)/t9-,15-,16?,22-/m0/s1. The van der Waals surface area contributed by atoms with Gasteiger partial charge in [0.2, 0.25) is 5.43 Å². The lowest BCUT2D eigenvalue weighted by Gasteiger charge is -2.44. The van der Waals surface area contributed by atoms with E-state index in [1.54, 1.807) is 0 Å². The van der Waals surface area contributed by atoms with Gasteiger partial charge in [0.1, 0.15) is 23.0 Å². The molecule has 1 unspecified atom stereocenters. The number of halogens is 3. The zero-order chi connectivity index (χ0) is 23.8. The summed E-state index contributed by atoms with van der Waals surface area (Å²) in [5, 5.41) is 12.7. The van der Waals surface area contributed by atoms with Crippen molar-refractivity contribution in [2.45, 2.75) is 51.7 Å². The van der Waals surface area contributed by atoms with E-state index in [0.29, 0.717) is 12.1 Å². The van der Waals surface area contributed by atoms with Crippen LogP contribution in [0.3, 0.4) is 0 Å². The van der Waals surface area contributed by atoms with Crippen molar-refractivity contribution in [2.75, 3.05) is 0 Å². The summed E-state index contributed by atoms with van der Waals surface area (Å²) in [4.78, 5) is 39.9. The van der Waals surface area contributed by atoms with Gasteiger partial charge in [0.15, 0.2) is 17.7 Å². The zero-order valence-electron chi connectivity index (χ0n) is 17.7. The van der Waals surface area contributed by atoms with E-state index in [2.05, 4.69) is 5.32 Å². The summed E-state index contributed by atoms with van der Waals surface area (Å²) in [5.41, 5.74) is -2.61. The third-order valence-corrected chi connectivity index (χ3v) is 6.99. The minimum atomic E-state index is -1.20. The van der Waals surface area contributed by atoms with E-state index in [9.17, 15) is 32.7 Å². The van der Waals surface area contributed by atoms with E-state index < -0.39 is 64.3 Å². The highest BCUT2D eigenvalue weighted by Gasteiger charge is 2.64. The summed E-state index contributed by atoms with van der Waals surface area (Å²) in [6.45, 7) is 3.36. The van der Waals surface area contributed by atoms with Crippen molar-refractivity contribution in [1.29, 1.82) is 0 Å². The zero-order valence-corrected chi connectivity index (χ0v) is 17.7. The molecule has 2 aromatic rings. The second-order valence-electron chi connectivity index (χ2n) is 8.92. The van der Waals surface area contributed by atoms with Crippen molar-refractivity contribution in [3.8, 4) is 5.75 Å². The molecular formula is C22H20F3N3O5. The smallest absolute Gasteiger partial charge is 0.276 e. The van der Waals surface area contributed by atoms with Gasteiger partial charge in [-0.2, -0.15) is 0 Å². The van der Waals surface area contributed by atoms with Crippen LogP contribution in [0.4, 0.5) is 13.2 Å². The Kier molecular flexibility index (Phi) is 4.61. The summed E-state index contributed by atoms with van der Waals surface area (Å²) in [5.74, 6) is -5.97. The lowest BCUT2D eigenvalue weighted by Crippen LogP contribution is -2.57. The maximum atomic E-state index is 13.8. The number of fused-ring (bicyclic) bond motifs is 4.